The Morgan fingerprint density at radius 2 is 1.77 bits per heavy atom. The molecular weight excluding hydrogens is 508 g/mol. The minimum atomic E-state index is -0.706. The normalized spacial score (nSPS) is 19.4. The molecule has 8 heteroatoms. The first-order chi connectivity index (χ1) is 19.3. The summed E-state index contributed by atoms with van der Waals surface area (Å²) in [5.74, 6) is -0.0119. The second kappa shape index (κ2) is 13.8. The van der Waals surface area contributed by atoms with Gasteiger partial charge in [-0.1, -0.05) is 31.9 Å². The fraction of sp³-hybridized carbons (Fsp3) is 0.500. The predicted octanol–water partition coefficient (Wildman–Crippen LogP) is 5.11. The quantitative estimate of drug-likeness (QED) is 0.170. The third-order valence-corrected chi connectivity index (χ3v) is 7.32. The minimum Gasteiger partial charge on any atom is -0.507 e. The van der Waals surface area contributed by atoms with E-state index in [9.17, 15) is 14.7 Å². The minimum absolute atomic E-state index is 0.00790. The molecule has 2 fully saturated rings. The first-order valence-corrected chi connectivity index (χ1v) is 14.4. The number of benzene rings is 2. The molecule has 8 nitrogen and oxygen atoms in total. The molecule has 2 aromatic carbocycles. The molecule has 2 aromatic rings. The summed E-state index contributed by atoms with van der Waals surface area (Å²) in [5, 5.41) is 11.5. The van der Waals surface area contributed by atoms with Crippen LogP contribution in [0.4, 0.5) is 0 Å². The summed E-state index contributed by atoms with van der Waals surface area (Å²) in [6.07, 6.45) is 3.23. The van der Waals surface area contributed by atoms with E-state index in [0.717, 1.165) is 49.2 Å². The summed E-state index contributed by atoms with van der Waals surface area (Å²) in [7, 11) is 0. The van der Waals surface area contributed by atoms with Crippen LogP contribution in [0.3, 0.4) is 0 Å². The van der Waals surface area contributed by atoms with E-state index in [0.29, 0.717) is 44.2 Å². The average Bonchev–Trinajstić information content (AvgIpc) is 3.20. The van der Waals surface area contributed by atoms with Gasteiger partial charge in [0.2, 0.25) is 0 Å². The largest absolute Gasteiger partial charge is 0.507 e. The Labute approximate surface area is 237 Å². The van der Waals surface area contributed by atoms with Gasteiger partial charge in [-0.3, -0.25) is 14.5 Å². The maximum absolute atomic E-state index is 13.4. The number of aryl methyl sites for hydroxylation is 1. The fourth-order valence-electron chi connectivity index (χ4n) is 5.16. The number of Topliss-reactive ketones (excluding diaryl/α,β-unsaturated/α-hetero) is 1. The van der Waals surface area contributed by atoms with Gasteiger partial charge in [-0.05, 0) is 68.7 Å². The van der Waals surface area contributed by atoms with Crippen molar-refractivity contribution >= 4 is 17.4 Å². The highest BCUT2D eigenvalue weighted by Crippen LogP contribution is 2.40. The third-order valence-electron chi connectivity index (χ3n) is 7.32. The summed E-state index contributed by atoms with van der Waals surface area (Å²) < 4.78 is 17.2. The van der Waals surface area contributed by atoms with Crippen molar-refractivity contribution in [2.75, 3.05) is 46.0 Å². The first kappa shape index (κ1) is 29.6. The molecule has 216 valence electrons. The average molecular weight is 551 g/mol. The molecule has 2 saturated heterocycles. The van der Waals surface area contributed by atoms with E-state index in [1.807, 2.05) is 45.0 Å². The number of carbonyl (C=O) groups is 2. The maximum atomic E-state index is 13.4. The molecule has 2 heterocycles. The molecule has 0 aliphatic carbocycles. The number of ketones is 1. The number of unbranched alkanes of at least 4 members (excludes halogenated alkanes) is 2. The van der Waals surface area contributed by atoms with Gasteiger partial charge in [0, 0.05) is 31.7 Å². The Morgan fingerprint density at radius 1 is 1.05 bits per heavy atom. The van der Waals surface area contributed by atoms with E-state index in [1.165, 1.54) is 0 Å². The van der Waals surface area contributed by atoms with Crippen molar-refractivity contribution in [1.29, 1.82) is 0 Å². The number of likely N-dealkylation sites (tertiary alicyclic amines) is 1. The van der Waals surface area contributed by atoms with Crippen molar-refractivity contribution < 1.29 is 28.9 Å². The molecule has 0 saturated carbocycles. The smallest absolute Gasteiger partial charge is 0.295 e. The van der Waals surface area contributed by atoms with Gasteiger partial charge in [0.25, 0.3) is 11.7 Å². The van der Waals surface area contributed by atoms with Gasteiger partial charge in [0.1, 0.15) is 17.3 Å². The van der Waals surface area contributed by atoms with Gasteiger partial charge in [-0.2, -0.15) is 0 Å². The Bertz CT molecular complexity index is 1200. The molecule has 1 amide bonds. The summed E-state index contributed by atoms with van der Waals surface area (Å²) in [6.45, 7) is 12.4. The van der Waals surface area contributed by atoms with Crippen molar-refractivity contribution in [3.05, 3.63) is 64.7 Å². The van der Waals surface area contributed by atoms with Gasteiger partial charge in [0.15, 0.2) is 0 Å². The second-order valence-electron chi connectivity index (χ2n) is 10.7. The van der Waals surface area contributed by atoms with E-state index < -0.39 is 17.7 Å². The molecule has 0 spiro atoms. The number of aliphatic hydroxyl groups is 1. The van der Waals surface area contributed by atoms with Crippen LogP contribution in [0.15, 0.2) is 48.0 Å². The summed E-state index contributed by atoms with van der Waals surface area (Å²) in [4.78, 5) is 30.6. The SMILES string of the molecule is CCCCCOc1ccc(C2/C(=C(\O)c3ccc(OC(C)C)c(C)c3)C(=O)C(=O)N2CCN2CCOCC2)cc1. The van der Waals surface area contributed by atoms with Crippen molar-refractivity contribution in [3.63, 3.8) is 0 Å². The Hall–Kier alpha value is -3.36. The second-order valence-corrected chi connectivity index (χ2v) is 10.7. The predicted molar refractivity (Wildman–Crippen MR) is 155 cm³/mol. The van der Waals surface area contributed by atoms with Gasteiger partial charge >= 0.3 is 0 Å². The van der Waals surface area contributed by atoms with Crippen molar-refractivity contribution in [1.82, 2.24) is 9.80 Å². The Balaban J connectivity index is 1.67. The molecule has 2 aliphatic heterocycles. The molecule has 2 aliphatic rings. The number of carbonyl (C=O) groups excluding carboxylic acids is 2. The number of morpholine rings is 1. The summed E-state index contributed by atoms with van der Waals surface area (Å²) in [5.41, 5.74) is 2.15. The van der Waals surface area contributed by atoms with Crippen LogP contribution in [0.1, 0.15) is 62.8 Å². The summed E-state index contributed by atoms with van der Waals surface area (Å²) in [6, 6.07) is 12.1. The highest BCUT2D eigenvalue weighted by molar-refractivity contribution is 6.46. The van der Waals surface area contributed by atoms with Gasteiger partial charge in [-0.25, -0.2) is 0 Å². The molecule has 0 radical (unpaired) electrons. The van der Waals surface area contributed by atoms with Crippen molar-refractivity contribution in [2.45, 2.75) is 59.1 Å². The van der Waals surface area contributed by atoms with Crippen LogP contribution in [-0.4, -0.2) is 78.7 Å². The van der Waals surface area contributed by atoms with Crippen LogP contribution in [-0.2, 0) is 14.3 Å². The lowest BCUT2D eigenvalue weighted by Crippen LogP contribution is -2.42. The van der Waals surface area contributed by atoms with Gasteiger partial charge < -0.3 is 24.2 Å². The van der Waals surface area contributed by atoms with Crippen LogP contribution in [0.25, 0.3) is 5.76 Å². The zero-order valence-corrected chi connectivity index (χ0v) is 24.2. The number of amides is 1. The van der Waals surface area contributed by atoms with Crippen LogP contribution < -0.4 is 9.47 Å². The van der Waals surface area contributed by atoms with Gasteiger partial charge in [0.05, 0.1) is 37.5 Å². The van der Waals surface area contributed by atoms with E-state index in [1.54, 1.807) is 23.1 Å². The topological polar surface area (TPSA) is 88.5 Å². The Morgan fingerprint density at radius 3 is 2.42 bits per heavy atom. The zero-order chi connectivity index (χ0) is 28.6. The lowest BCUT2D eigenvalue weighted by molar-refractivity contribution is -0.140. The number of ether oxygens (including phenoxy) is 3. The molecule has 4 rings (SSSR count). The number of aliphatic hydroxyl groups excluding tert-OH is 1. The van der Waals surface area contributed by atoms with Gasteiger partial charge in [-0.15, -0.1) is 0 Å². The molecular formula is C32H42N2O6. The van der Waals surface area contributed by atoms with Crippen molar-refractivity contribution in [3.8, 4) is 11.5 Å². The van der Waals surface area contributed by atoms with Crippen LogP contribution >= 0.6 is 0 Å². The first-order valence-electron chi connectivity index (χ1n) is 14.4. The zero-order valence-electron chi connectivity index (χ0n) is 24.2. The number of nitrogens with zero attached hydrogens (tertiary/aromatic N) is 2. The third kappa shape index (κ3) is 7.04. The molecule has 0 bridgehead atoms. The number of rotatable bonds is 12. The van der Waals surface area contributed by atoms with E-state index >= 15 is 0 Å². The maximum Gasteiger partial charge on any atom is 0.295 e. The highest BCUT2D eigenvalue weighted by atomic mass is 16.5. The number of hydrogen-bond acceptors (Lipinski definition) is 7. The molecule has 1 atom stereocenters. The lowest BCUT2D eigenvalue weighted by Gasteiger charge is -2.31. The molecule has 1 unspecified atom stereocenters. The molecule has 0 aromatic heterocycles. The standard InChI is InChI=1S/C32H42N2O6/c1-5-6-7-18-39-26-11-8-24(9-12-26)29-28(30(35)25-10-13-27(23(4)21-25)40-22(2)3)31(36)32(37)34(29)15-14-33-16-19-38-20-17-33/h8-13,21-22,29,35H,5-7,14-20H2,1-4H3/b30-28+. The highest BCUT2D eigenvalue weighted by Gasteiger charge is 2.46. The number of hydrogen-bond donors (Lipinski definition) is 1. The van der Waals surface area contributed by atoms with Crippen molar-refractivity contribution in [2.24, 2.45) is 0 Å². The Kier molecular flexibility index (Phi) is 10.2. The fourth-order valence-corrected chi connectivity index (χ4v) is 5.16. The van der Waals surface area contributed by atoms with E-state index in [4.69, 9.17) is 14.2 Å². The lowest BCUT2D eigenvalue weighted by atomic mass is 9.94. The van der Waals surface area contributed by atoms with E-state index in [-0.39, 0.29) is 17.4 Å². The molecule has 1 N–H and O–H groups in total. The van der Waals surface area contributed by atoms with Crippen LogP contribution in [0.5, 0.6) is 11.5 Å². The van der Waals surface area contributed by atoms with Crippen LogP contribution in [0, 0.1) is 6.92 Å². The van der Waals surface area contributed by atoms with Crippen LogP contribution in [0.2, 0.25) is 0 Å². The monoisotopic (exact) mass is 550 g/mol. The summed E-state index contributed by atoms with van der Waals surface area (Å²) >= 11 is 0. The molecule has 40 heavy (non-hydrogen) atoms. The van der Waals surface area contributed by atoms with E-state index in [2.05, 4.69) is 11.8 Å².